The van der Waals surface area contributed by atoms with Crippen LogP contribution in [0.1, 0.15) is 0 Å². The predicted octanol–water partition coefficient (Wildman–Crippen LogP) is 2.17. The lowest BCUT2D eigenvalue weighted by Gasteiger charge is -2.14. The molecule has 0 aromatic heterocycles. The average Bonchev–Trinajstić information content (AvgIpc) is 2.19. The monoisotopic (exact) mass is 240 g/mol. The van der Waals surface area contributed by atoms with Gasteiger partial charge in [0.15, 0.2) is 11.5 Å². The Morgan fingerprint density at radius 2 is 1.69 bits per heavy atom. The fourth-order valence-electron chi connectivity index (χ4n) is 1.03. The second kappa shape index (κ2) is 5.40. The van der Waals surface area contributed by atoms with Crippen LogP contribution in [0.15, 0.2) is 18.2 Å². The van der Waals surface area contributed by atoms with E-state index in [1.807, 2.05) is 5.43 Å². The summed E-state index contributed by atoms with van der Waals surface area (Å²) in [6.07, 6.45) is 0. The van der Waals surface area contributed by atoms with E-state index >= 15 is 0 Å². The van der Waals surface area contributed by atoms with Crippen molar-refractivity contribution >= 4 is 5.69 Å². The summed E-state index contributed by atoms with van der Waals surface area (Å²) in [5.41, 5.74) is 1.95. The number of halogens is 4. The third kappa shape index (κ3) is 3.16. The molecule has 0 heterocycles. The Kier molecular flexibility index (Phi) is 4.18. The van der Waals surface area contributed by atoms with E-state index in [1.54, 1.807) is 0 Å². The van der Waals surface area contributed by atoms with Crippen LogP contribution in [0, 0.1) is 0 Å². The first-order chi connectivity index (χ1) is 7.54. The van der Waals surface area contributed by atoms with Crippen molar-refractivity contribution in [3.8, 4) is 11.5 Å². The molecule has 0 fully saturated rings. The van der Waals surface area contributed by atoms with Gasteiger partial charge in [0.05, 0.1) is 5.69 Å². The molecule has 3 N–H and O–H groups in total. The zero-order chi connectivity index (χ0) is 12.1. The molecule has 0 saturated heterocycles. The van der Waals surface area contributed by atoms with Crippen LogP contribution in [0.25, 0.3) is 0 Å². The number of alkyl halides is 4. The van der Waals surface area contributed by atoms with Crippen molar-refractivity contribution in [1.82, 2.24) is 0 Å². The first-order valence-electron chi connectivity index (χ1n) is 4.04. The Balaban J connectivity index is 3.04. The van der Waals surface area contributed by atoms with Crippen molar-refractivity contribution in [2.24, 2.45) is 5.84 Å². The minimum atomic E-state index is -3.17. The Labute approximate surface area is 87.9 Å². The molecule has 0 aliphatic rings. The Morgan fingerprint density at radius 3 is 2.19 bits per heavy atom. The molecule has 1 rings (SSSR count). The van der Waals surface area contributed by atoms with Crippen LogP contribution < -0.4 is 20.7 Å². The summed E-state index contributed by atoms with van der Waals surface area (Å²) >= 11 is 0. The van der Waals surface area contributed by atoms with Crippen LogP contribution in [0.3, 0.4) is 0 Å². The maximum absolute atomic E-state index is 12.0. The van der Waals surface area contributed by atoms with Crippen molar-refractivity contribution in [1.29, 1.82) is 0 Å². The molecule has 0 amide bonds. The molecular formula is C8H8F4N2O2. The second-order valence-electron chi connectivity index (χ2n) is 2.53. The van der Waals surface area contributed by atoms with Gasteiger partial charge in [-0.2, -0.15) is 17.6 Å². The van der Waals surface area contributed by atoms with E-state index < -0.39 is 24.7 Å². The molecule has 0 bridgehead atoms. The number of hydrogen-bond acceptors (Lipinski definition) is 4. The van der Waals surface area contributed by atoms with Crippen LogP contribution in [-0.4, -0.2) is 13.2 Å². The summed E-state index contributed by atoms with van der Waals surface area (Å²) in [5, 5.41) is 0. The largest absolute Gasteiger partial charge is 0.431 e. The number of benzene rings is 1. The lowest BCUT2D eigenvalue weighted by atomic mass is 10.3. The van der Waals surface area contributed by atoms with Gasteiger partial charge in [0.2, 0.25) is 0 Å². The van der Waals surface area contributed by atoms with E-state index in [0.717, 1.165) is 6.07 Å². The van der Waals surface area contributed by atoms with Gasteiger partial charge in [-0.05, 0) is 12.1 Å². The zero-order valence-electron chi connectivity index (χ0n) is 7.79. The summed E-state index contributed by atoms with van der Waals surface area (Å²) in [6, 6.07) is 3.63. The smallest absolute Gasteiger partial charge is 0.387 e. The fourth-order valence-corrected chi connectivity index (χ4v) is 1.03. The first-order valence-corrected chi connectivity index (χ1v) is 4.04. The topological polar surface area (TPSA) is 56.5 Å². The van der Waals surface area contributed by atoms with Crippen LogP contribution in [-0.2, 0) is 0 Å². The number of nitrogens with one attached hydrogen (secondary N) is 1. The molecule has 0 radical (unpaired) electrons. The van der Waals surface area contributed by atoms with Crippen LogP contribution in [0.4, 0.5) is 23.2 Å². The molecule has 4 nitrogen and oxygen atoms in total. The fraction of sp³-hybridized carbons (Fsp3) is 0.250. The summed E-state index contributed by atoms with van der Waals surface area (Å²) in [5.74, 6) is 3.92. The van der Waals surface area contributed by atoms with Crippen LogP contribution in [0.5, 0.6) is 11.5 Å². The summed E-state index contributed by atoms with van der Waals surface area (Å²) in [4.78, 5) is 0. The highest BCUT2D eigenvalue weighted by molar-refractivity contribution is 5.62. The molecule has 90 valence electrons. The van der Waals surface area contributed by atoms with Crippen molar-refractivity contribution in [2.75, 3.05) is 5.43 Å². The van der Waals surface area contributed by atoms with Gasteiger partial charge >= 0.3 is 13.2 Å². The minimum Gasteiger partial charge on any atom is -0.431 e. The number of anilines is 1. The number of para-hydroxylation sites is 1. The summed E-state index contributed by atoms with van der Waals surface area (Å²) in [6.45, 7) is -6.32. The average molecular weight is 240 g/mol. The van der Waals surface area contributed by atoms with Crippen LogP contribution in [0.2, 0.25) is 0 Å². The third-order valence-corrected chi connectivity index (χ3v) is 1.56. The van der Waals surface area contributed by atoms with Crippen molar-refractivity contribution < 1.29 is 27.0 Å². The molecule has 1 aromatic carbocycles. The number of hydrazine groups is 1. The SMILES string of the molecule is NNc1cccc(OC(F)F)c1OC(F)F. The van der Waals surface area contributed by atoms with E-state index in [2.05, 4.69) is 9.47 Å². The normalized spacial score (nSPS) is 10.7. The summed E-state index contributed by atoms with van der Waals surface area (Å²) in [7, 11) is 0. The molecule has 0 spiro atoms. The number of rotatable bonds is 5. The third-order valence-electron chi connectivity index (χ3n) is 1.56. The quantitative estimate of drug-likeness (QED) is 0.470. The molecule has 0 aliphatic carbocycles. The lowest BCUT2D eigenvalue weighted by Crippen LogP contribution is -2.13. The molecule has 0 unspecified atom stereocenters. The second-order valence-corrected chi connectivity index (χ2v) is 2.53. The molecular weight excluding hydrogens is 232 g/mol. The maximum atomic E-state index is 12.0. The lowest BCUT2D eigenvalue weighted by molar-refractivity contribution is -0.0688. The van der Waals surface area contributed by atoms with Crippen LogP contribution >= 0.6 is 0 Å². The summed E-state index contributed by atoms with van der Waals surface area (Å²) < 4.78 is 56.0. The van der Waals surface area contributed by atoms with Gasteiger partial charge < -0.3 is 14.9 Å². The number of nitrogens with two attached hydrogens (primary N) is 1. The van der Waals surface area contributed by atoms with Gasteiger partial charge in [0.25, 0.3) is 0 Å². The number of nitrogen functional groups attached to an aromatic ring is 1. The van der Waals surface area contributed by atoms with Gasteiger partial charge in [0, 0.05) is 0 Å². The van der Waals surface area contributed by atoms with E-state index in [4.69, 9.17) is 5.84 Å². The van der Waals surface area contributed by atoms with Crippen molar-refractivity contribution in [3.05, 3.63) is 18.2 Å². The Hall–Kier alpha value is -1.70. The highest BCUT2D eigenvalue weighted by Gasteiger charge is 2.17. The van der Waals surface area contributed by atoms with Gasteiger partial charge in [-0.15, -0.1) is 0 Å². The van der Waals surface area contributed by atoms with E-state index in [-0.39, 0.29) is 5.69 Å². The highest BCUT2D eigenvalue weighted by Crippen LogP contribution is 2.36. The Morgan fingerprint density at radius 1 is 1.06 bits per heavy atom. The van der Waals surface area contributed by atoms with Gasteiger partial charge in [-0.25, -0.2) is 0 Å². The van der Waals surface area contributed by atoms with E-state index in [9.17, 15) is 17.6 Å². The standard InChI is InChI=1S/C8H8F4N2O2/c9-7(10)15-5-3-1-2-4(14-13)6(5)16-8(11)12/h1-3,7-8,14H,13H2. The van der Waals surface area contributed by atoms with E-state index in [1.165, 1.54) is 12.1 Å². The molecule has 0 saturated carbocycles. The molecule has 0 aliphatic heterocycles. The zero-order valence-corrected chi connectivity index (χ0v) is 7.79. The molecule has 16 heavy (non-hydrogen) atoms. The maximum Gasteiger partial charge on any atom is 0.387 e. The number of ether oxygens (including phenoxy) is 2. The Bertz CT molecular complexity index is 349. The van der Waals surface area contributed by atoms with E-state index in [0.29, 0.717) is 0 Å². The minimum absolute atomic E-state index is 0.0848. The highest BCUT2D eigenvalue weighted by atomic mass is 19.3. The molecule has 1 aromatic rings. The van der Waals surface area contributed by atoms with Crippen molar-refractivity contribution in [3.63, 3.8) is 0 Å². The molecule has 0 atom stereocenters. The molecule has 8 heteroatoms. The van der Waals surface area contributed by atoms with Crippen molar-refractivity contribution in [2.45, 2.75) is 13.2 Å². The van der Waals surface area contributed by atoms with Gasteiger partial charge in [-0.3, -0.25) is 5.84 Å². The number of hydrogen-bond donors (Lipinski definition) is 2. The van der Waals surface area contributed by atoms with Gasteiger partial charge in [-0.1, -0.05) is 6.07 Å². The van der Waals surface area contributed by atoms with Gasteiger partial charge in [0.1, 0.15) is 0 Å². The predicted molar refractivity (Wildman–Crippen MR) is 47.5 cm³/mol. The first kappa shape index (κ1) is 12.4.